The van der Waals surface area contributed by atoms with E-state index < -0.39 is 0 Å². The van der Waals surface area contributed by atoms with E-state index in [-0.39, 0.29) is 30.7 Å². The monoisotopic (exact) mass is 437 g/mol. The summed E-state index contributed by atoms with van der Waals surface area (Å²) in [6.45, 7) is 6.68. The van der Waals surface area contributed by atoms with E-state index in [1.165, 1.54) is 5.56 Å². The maximum Gasteiger partial charge on any atom is 0.255 e. The van der Waals surface area contributed by atoms with Gasteiger partial charge in [-0.3, -0.25) is 4.79 Å². The summed E-state index contributed by atoms with van der Waals surface area (Å²) in [4.78, 5) is 19.3. The lowest BCUT2D eigenvalue weighted by molar-refractivity contribution is 0.0762. The number of carbonyl (C=O) groups is 1. The molecule has 0 unspecified atom stereocenters. The lowest BCUT2D eigenvalue weighted by Gasteiger charge is -2.22. The second kappa shape index (κ2) is 11.8. The third-order valence-corrected chi connectivity index (χ3v) is 4.46. The Morgan fingerprint density at radius 3 is 2.52 bits per heavy atom. The summed E-state index contributed by atoms with van der Waals surface area (Å²) in [6, 6.07) is 12.0. The van der Waals surface area contributed by atoms with Gasteiger partial charge < -0.3 is 10.6 Å². The van der Waals surface area contributed by atoms with Crippen LogP contribution in [0.25, 0.3) is 11.0 Å². The Kier molecular flexibility index (Phi) is 10.1. The number of amides is 1. The van der Waals surface area contributed by atoms with Gasteiger partial charge in [-0.25, -0.2) is 9.67 Å². The predicted octanol–water partition coefficient (Wildman–Crippen LogP) is 3.57. The van der Waals surface area contributed by atoms with Crippen molar-refractivity contribution in [2.24, 2.45) is 11.7 Å². The van der Waals surface area contributed by atoms with Crippen LogP contribution in [0.1, 0.15) is 29.8 Å². The number of aromatic nitrogens is 3. The molecule has 0 aliphatic rings. The summed E-state index contributed by atoms with van der Waals surface area (Å²) in [5, 5.41) is 5.29. The normalized spacial score (nSPS) is 10.5. The lowest BCUT2D eigenvalue weighted by atomic mass is 10.1. The van der Waals surface area contributed by atoms with E-state index in [0.29, 0.717) is 31.1 Å². The number of hydrogen-bond donors (Lipinski definition) is 1. The number of benzene rings is 1. The summed E-state index contributed by atoms with van der Waals surface area (Å²) in [6.07, 6.45) is 4.22. The van der Waals surface area contributed by atoms with Crippen LogP contribution < -0.4 is 5.73 Å². The Balaban J connectivity index is 0.00000210. The van der Waals surface area contributed by atoms with Crippen LogP contribution in [0.15, 0.2) is 48.8 Å². The lowest BCUT2D eigenvalue weighted by Crippen LogP contribution is -2.37. The van der Waals surface area contributed by atoms with Crippen LogP contribution in [0, 0.1) is 5.92 Å². The van der Waals surface area contributed by atoms with Crippen molar-refractivity contribution in [3.05, 3.63) is 59.9 Å². The molecule has 0 saturated carbocycles. The van der Waals surface area contributed by atoms with Gasteiger partial charge in [0.2, 0.25) is 0 Å². The van der Waals surface area contributed by atoms with Gasteiger partial charge in [-0.1, -0.05) is 44.2 Å². The van der Waals surface area contributed by atoms with Crippen molar-refractivity contribution >= 4 is 41.8 Å². The van der Waals surface area contributed by atoms with Gasteiger partial charge in [-0.2, -0.15) is 5.10 Å². The van der Waals surface area contributed by atoms with Crippen molar-refractivity contribution < 1.29 is 4.79 Å². The molecule has 0 radical (unpaired) electrons. The number of halogens is 2. The van der Waals surface area contributed by atoms with Gasteiger partial charge in [0, 0.05) is 37.8 Å². The molecule has 0 aliphatic carbocycles. The molecule has 1 aromatic carbocycles. The molecule has 0 saturated heterocycles. The Labute approximate surface area is 184 Å². The van der Waals surface area contributed by atoms with E-state index in [0.717, 1.165) is 24.0 Å². The fraction of sp³-hybridized carbons (Fsp3) is 0.381. The van der Waals surface area contributed by atoms with E-state index in [1.54, 1.807) is 17.3 Å². The first kappa shape index (κ1) is 24.9. The topological polar surface area (TPSA) is 77.0 Å². The molecule has 0 fully saturated rings. The van der Waals surface area contributed by atoms with Crippen molar-refractivity contribution in [2.75, 3.05) is 19.6 Å². The minimum absolute atomic E-state index is 0. The molecule has 8 heteroatoms. The number of pyridine rings is 1. The van der Waals surface area contributed by atoms with Gasteiger partial charge in [-0.05, 0) is 24.0 Å². The number of carbonyl (C=O) groups excluding carboxylic acids is 1. The van der Waals surface area contributed by atoms with Gasteiger partial charge in [0.15, 0.2) is 5.65 Å². The summed E-state index contributed by atoms with van der Waals surface area (Å²) in [7, 11) is 0. The summed E-state index contributed by atoms with van der Waals surface area (Å²) < 4.78 is 1.89. The predicted molar refractivity (Wildman–Crippen MR) is 122 cm³/mol. The zero-order valence-electron chi connectivity index (χ0n) is 16.8. The minimum atomic E-state index is -0.0395. The van der Waals surface area contributed by atoms with Crippen LogP contribution in [-0.4, -0.2) is 45.2 Å². The standard InChI is InChI=1S/C21H27N5O.2ClH/c1-16(2)15-26-20-18(14-24-26)12-19(13-23-20)21(27)25(11-9-22)10-8-17-6-4-3-5-7-17;;/h3-7,12-14,16H,8-11,15,22H2,1-2H3;2*1H. The molecule has 2 N–H and O–H groups in total. The average Bonchev–Trinajstić information content (AvgIpc) is 3.07. The number of nitrogens with zero attached hydrogens (tertiary/aromatic N) is 4. The second-order valence-corrected chi connectivity index (χ2v) is 7.17. The maximum absolute atomic E-state index is 13.0. The molecule has 0 aliphatic heterocycles. The van der Waals surface area contributed by atoms with E-state index in [1.807, 2.05) is 28.9 Å². The first-order valence-electron chi connectivity index (χ1n) is 9.43. The molecule has 2 aromatic heterocycles. The van der Waals surface area contributed by atoms with E-state index in [9.17, 15) is 4.79 Å². The number of nitrogens with two attached hydrogens (primary N) is 1. The second-order valence-electron chi connectivity index (χ2n) is 7.17. The van der Waals surface area contributed by atoms with Gasteiger partial charge >= 0.3 is 0 Å². The highest BCUT2D eigenvalue weighted by atomic mass is 35.5. The maximum atomic E-state index is 13.0. The molecule has 1 amide bonds. The zero-order valence-corrected chi connectivity index (χ0v) is 18.5. The smallest absolute Gasteiger partial charge is 0.255 e. The van der Waals surface area contributed by atoms with Gasteiger partial charge in [0.25, 0.3) is 5.91 Å². The first-order chi connectivity index (χ1) is 13.1. The van der Waals surface area contributed by atoms with Crippen molar-refractivity contribution in [1.82, 2.24) is 19.7 Å². The summed E-state index contributed by atoms with van der Waals surface area (Å²) in [5.74, 6) is 0.441. The molecule has 0 atom stereocenters. The molecular weight excluding hydrogens is 409 g/mol. The molecule has 3 rings (SSSR count). The SMILES string of the molecule is CC(C)Cn1ncc2cc(C(=O)N(CCN)CCc3ccccc3)cnc21.Cl.Cl. The van der Waals surface area contributed by atoms with Crippen LogP contribution >= 0.6 is 24.8 Å². The molecule has 158 valence electrons. The highest BCUT2D eigenvalue weighted by Gasteiger charge is 2.17. The molecule has 29 heavy (non-hydrogen) atoms. The Morgan fingerprint density at radius 1 is 1.14 bits per heavy atom. The number of hydrogen-bond acceptors (Lipinski definition) is 4. The first-order valence-corrected chi connectivity index (χ1v) is 9.43. The minimum Gasteiger partial charge on any atom is -0.337 e. The Hall–Kier alpha value is -2.15. The summed E-state index contributed by atoms with van der Waals surface area (Å²) in [5.41, 5.74) is 8.33. The van der Waals surface area contributed by atoms with E-state index in [4.69, 9.17) is 5.73 Å². The molecule has 0 spiro atoms. The highest BCUT2D eigenvalue weighted by molar-refractivity contribution is 5.96. The van der Waals surface area contributed by atoms with Crippen LogP contribution in [0.3, 0.4) is 0 Å². The zero-order chi connectivity index (χ0) is 19.2. The Morgan fingerprint density at radius 2 is 1.86 bits per heavy atom. The van der Waals surface area contributed by atoms with Crippen molar-refractivity contribution in [1.29, 1.82) is 0 Å². The van der Waals surface area contributed by atoms with Crippen molar-refractivity contribution in [2.45, 2.75) is 26.8 Å². The molecule has 0 bridgehead atoms. The molecule has 3 aromatic rings. The van der Waals surface area contributed by atoms with Crippen molar-refractivity contribution in [3.63, 3.8) is 0 Å². The quantitative estimate of drug-likeness (QED) is 0.583. The van der Waals surface area contributed by atoms with Crippen LogP contribution in [0.5, 0.6) is 0 Å². The van der Waals surface area contributed by atoms with E-state index >= 15 is 0 Å². The number of fused-ring (bicyclic) bond motifs is 1. The Bertz CT molecular complexity index is 898. The fourth-order valence-electron chi connectivity index (χ4n) is 3.13. The van der Waals surface area contributed by atoms with Crippen molar-refractivity contribution in [3.8, 4) is 0 Å². The van der Waals surface area contributed by atoms with Gasteiger partial charge in [-0.15, -0.1) is 24.8 Å². The van der Waals surface area contributed by atoms with E-state index in [2.05, 4.69) is 36.1 Å². The third kappa shape index (κ3) is 6.42. The van der Waals surface area contributed by atoms with Crippen LogP contribution in [0.4, 0.5) is 0 Å². The summed E-state index contributed by atoms with van der Waals surface area (Å²) >= 11 is 0. The average molecular weight is 438 g/mol. The van der Waals surface area contributed by atoms with Crippen LogP contribution in [0.2, 0.25) is 0 Å². The molecule has 6 nitrogen and oxygen atoms in total. The van der Waals surface area contributed by atoms with Crippen LogP contribution in [-0.2, 0) is 13.0 Å². The highest BCUT2D eigenvalue weighted by Crippen LogP contribution is 2.16. The largest absolute Gasteiger partial charge is 0.337 e. The molecule has 2 heterocycles. The number of rotatable bonds is 8. The van der Waals surface area contributed by atoms with Gasteiger partial charge in [0.1, 0.15) is 0 Å². The molecular formula is C21H29Cl2N5O. The van der Waals surface area contributed by atoms with Gasteiger partial charge in [0.05, 0.1) is 11.8 Å². The fourth-order valence-corrected chi connectivity index (χ4v) is 3.13. The third-order valence-electron chi connectivity index (χ3n) is 4.46.